The van der Waals surface area contributed by atoms with Crippen LogP contribution < -0.4 is 0 Å². The summed E-state index contributed by atoms with van der Waals surface area (Å²) in [6.07, 6.45) is 6.26. The molecule has 3 nitrogen and oxygen atoms in total. The molecule has 1 spiro atoms. The molecular weight excluding hydrogens is 576 g/mol. The number of rotatable bonds is 13. The van der Waals surface area contributed by atoms with Crippen LogP contribution in [0.2, 0.25) is 0 Å². The summed E-state index contributed by atoms with van der Waals surface area (Å²) >= 11 is 0. The zero-order valence-electron chi connectivity index (χ0n) is 29.5. The van der Waals surface area contributed by atoms with Crippen LogP contribution in [-0.2, 0) is 32.5 Å². The van der Waals surface area contributed by atoms with Crippen LogP contribution in [0.5, 0.6) is 0 Å². The van der Waals surface area contributed by atoms with E-state index in [1.165, 1.54) is 55.6 Å². The van der Waals surface area contributed by atoms with Gasteiger partial charge >= 0.3 is 5.97 Å². The van der Waals surface area contributed by atoms with Gasteiger partial charge in [0.05, 0.1) is 29.1 Å². The zero-order valence-corrected chi connectivity index (χ0v) is 29.5. The minimum Gasteiger partial charge on any atom is -0.465 e. The van der Waals surface area contributed by atoms with E-state index < -0.39 is 5.41 Å². The molecule has 2 aliphatic rings. The number of esters is 1. The van der Waals surface area contributed by atoms with Crippen LogP contribution in [0, 0.1) is 5.41 Å². The van der Waals surface area contributed by atoms with E-state index in [1.807, 2.05) is 6.92 Å². The highest BCUT2D eigenvalue weighted by molar-refractivity contribution is 5.95. The lowest BCUT2D eigenvalue weighted by molar-refractivity contribution is -0.155. The number of ether oxygens (including phenoxy) is 2. The first-order chi connectivity index (χ1) is 22.6. The van der Waals surface area contributed by atoms with E-state index in [0.717, 1.165) is 44.9 Å². The number of hydrogen-bond acceptors (Lipinski definition) is 3. The van der Waals surface area contributed by atoms with Crippen molar-refractivity contribution in [1.82, 2.24) is 0 Å². The third kappa shape index (κ3) is 5.65. The number of carbonyl (C=O) groups is 1. The molecule has 0 saturated heterocycles. The molecule has 4 aromatic carbocycles. The van der Waals surface area contributed by atoms with Crippen LogP contribution in [0.4, 0.5) is 0 Å². The second-order valence-corrected chi connectivity index (χ2v) is 14.4. The number of aryl methyl sites for hydroxylation is 1. The summed E-state index contributed by atoms with van der Waals surface area (Å²) in [5.74, 6) is -0.0745. The molecule has 6 rings (SSSR count). The standard InChI is InChI=1S/C44H52O3/c1-8-42(6,9-2)41(45)46-26-16-17-31-22-24-35-33-18-12-14-20-37(33)44(39(35)28-31)38-21-15-13-19-34(38)36-25-23-32(29-40(36)44)27-30(5)47-43(7,10-3)11-4/h12-15,18-25,28-30H,8-11,16-17,26-27H2,1-7H3. The van der Waals surface area contributed by atoms with Gasteiger partial charge in [0.2, 0.25) is 0 Å². The fraction of sp³-hybridized carbons (Fsp3) is 0.432. The van der Waals surface area contributed by atoms with Crippen molar-refractivity contribution in [1.29, 1.82) is 0 Å². The first kappa shape index (κ1) is 33.2. The fourth-order valence-corrected chi connectivity index (χ4v) is 7.95. The van der Waals surface area contributed by atoms with Gasteiger partial charge in [0.1, 0.15) is 0 Å². The van der Waals surface area contributed by atoms with Crippen LogP contribution in [-0.4, -0.2) is 24.3 Å². The molecule has 3 heteroatoms. The van der Waals surface area contributed by atoms with Crippen LogP contribution in [0.1, 0.15) is 114 Å². The molecule has 0 fully saturated rings. The van der Waals surface area contributed by atoms with Crippen molar-refractivity contribution in [3.05, 3.63) is 118 Å². The van der Waals surface area contributed by atoms with E-state index in [2.05, 4.69) is 126 Å². The van der Waals surface area contributed by atoms with Crippen molar-refractivity contribution in [2.45, 2.75) is 111 Å². The number of carbonyl (C=O) groups excluding carboxylic acids is 1. The summed E-state index contributed by atoms with van der Waals surface area (Å²) in [4.78, 5) is 12.8. The molecule has 0 bridgehead atoms. The van der Waals surface area contributed by atoms with E-state index in [4.69, 9.17) is 9.47 Å². The highest BCUT2D eigenvalue weighted by Gasteiger charge is 2.51. The van der Waals surface area contributed by atoms with Crippen LogP contribution in [0.25, 0.3) is 22.3 Å². The highest BCUT2D eigenvalue weighted by atomic mass is 16.5. The van der Waals surface area contributed by atoms with Gasteiger partial charge in [0, 0.05) is 0 Å². The molecule has 0 heterocycles. The van der Waals surface area contributed by atoms with Crippen molar-refractivity contribution < 1.29 is 14.3 Å². The Morgan fingerprint density at radius 1 is 0.681 bits per heavy atom. The maximum Gasteiger partial charge on any atom is 0.311 e. The van der Waals surface area contributed by atoms with Gasteiger partial charge in [-0.1, -0.05) is 113 Å². The lowest BCUT2D eigenvalue weighted by atomic mass is 9.70. The Bertz CT molecular complexity index is 1740. The van der Waals surface area contributed by atoms with Gasteiger partial charge in [-0.15, -0.1) is 0 Å². The van der Waals surface area contributed by atoms with Gasteiger partial charge in [-0.2, -0.15) is 0 Å². The van der Waals surface area contributed by atoms with Gasteiger partial charge in [0.25, 0.3) is 0 Å². The molecule has 47 heavy (non-hydrogen) atoms. The quantitative estimate of drug-likeness (QED) is 0.0943. The fourth-order valence-electron chi connectivity index (χ4n) is 7.95. The van der Waals surface area contributed by atoms with E-state index in [0.29, 0.717) is 6.61 Å². The molecule has 2 unspecified atom stereocenters. The van der Waals surface area contributed by atoms with Gasteiger partial charge in [-0.25, -0.2) is 0 Å². The molecule has 0 radical (unpaired) electrons. The van der Waals surface area contributed by atoms with Crippen molar-refractivity contribution in [3.8, 4) is 22.3 Å². The third-order valence-electron chi connectivity index (χ3n) is 11.6. The van der Waals surface area contributed by atoms with Crippen molar-refractivity contribution in [2.75, 3.05) is 6.61 Å². The molecular formula is C44H52O3. The molecule has 246 valence electrons. The molecule has 0 N–H and O–H groups in total. The average molecular weight is 629 g/mol. The van der Waals surface area contributed by atoms with Crippen LogP contribution in [0.3, 0.4) is 0 Å². The van der Waals surface area contributed by atoms with Crippen molar-refractivity contribution in [3.63, 3.8) is 0 Å². The summed E-state index contributed by atoms with van der Waals surface area (Å²) in [6.45, 7) is 15.5. The van der Waals surface area contributed by atoms with Crippen LogP contribution >= 0.6 is 0 Å². The monoisotopic (exact) mass is 628 g/mol. The van der Waals surface area contributed by atoms with Gasteiger partial charge in [-0.05, 0) is 121 Å². The summed E-state index contributed by atoms with van der Waals surface area (Å²) in [6, 6.07) is 32.2. The molecule has 0 aliphatic heterocycles. The Hall–Kier alpha value is -3.69. The molecule has 0 aromatic heterocycles. The Labute approximate surface area is 282 Å². The maximum absolute atomic E-state index is 12.8. The largest absolute Gasteiger partial charge is 0.465 e. The predicted octanol–water partition coefficient (Wildman–Crippen LogP) is 10.9. The minimum atomic E-state index is -0.399. The summed E-state index contributed by atoms with van der Waals surface area (Å²) < 4.78 is 12.4. The first-order valence-electron chi connectivity index (χ1n) is 18.0. The normalized spacial score (nSPS) is 16.8. The van der Waals surface area contributed by atoms with Gasteiger partial charge < -0.3 is 9.47 Å². The molecule has 0 amide bonds. The lowest BCUT2D eigenvalue weighted by Gasteiger charge is -2.32. The highest BCUT2D eigenvalue weighted by Crippen LogP contribution is 2.63. The van der Waals surface area contributed by atoms with E-state index in [-0.39, 0.29) is 23.1 Å². The Morgan fingerprint density at radius 3 is 1.74 bits per heavy atom. The van der Waals surface area contributed by atoms with Crippen molar-refractivity contribution in [2.24, 2.45) is 5.41 Å². The van der Waals surface area contributed by atoms with E-state index in [1.54, 1.807) is 0 Å². The molecule has 2 atom stereocenters. The topological polar surface area (TPSA) is 35.5 Å². The third-order valence-corrected chi connectivity index (χ3v) is 11.6. The minimum absolute atomic E-state index is 0.0745. The first-order valence-corrected chi connectivity index (χ1v) is 18.0. The lowest BCUT2D eigenvalue weighted by Crippen LogP contribution is -2.32. The summed E-state index contributed by atoms with van der Waals surface area (Å²) in [7, 11) is 0. The smallest absolute Gasteiger partial charge is 0.311 e. The van der Waals surface area contributed by atoms with Gasteiger partial charge in [-0.3, -0.25) is 4.79 Å². The number of hydrogen-bond donors (Lipinski definition) is 0. The maximum atomic E-state index is 12.8. The summed E-state index contributed by atoms with van der Waals surface area (Å²) in [5, 5.41) is 0. The second kappa shape index (κ2) is 13.1. The second-order valence-electron chi connectivity index (χ2n) is 14.4. The zero-order chi connectivity index (χ0) is 33.4. The molecule has 2 aliphatic carbocycles. The van der Waals surface area contributed by atoms with Crippen LogP contribution in [0.15, 0.2) is 84.9 Å². The van der Waals surface area contributed by atoms with Gasteiger partial charge in [0.15, 0.2) is 0 Å². The SMILES string of the molecule is CCC(C)(CC)OC(C)Cc1ccc2c(c1)C1(c3ccccc3-c3ccc(CCCOC(=O)C(C)(CC)CC)cc31)c1ccccc1-2. The van der Waals surface area contributed by atoms with E-state index in [9.17, 15) is 4.79 Å². The Kier molecular flexibility index (Phi) is 9.24. The summed E-state index contributed by atoms with van der Waals surface area (Å²) in [5.41, 5.74) is 12.4. The predicted molar refractivity (Wildman–Crippen MR) is 194 cm³/mol. The number of benzene rings is 4. The Morgan fingerprint density at radius 2 is 1.19 bits per heavy atom. The molecule has 0 saturated carbocycles. The average Bonchev–Trinajstić information content (AvgIpc) is 3.56. The van der Waals surface area contributed by atoms with Crippen molar-refractivity contribution >= 4 is 5.97 Å². The van der Waals surface area contributed by atoms with E-state index >= 15 is 0 Å². The number of fused-ring (bicyclic) bond motifs is 10. The Balaban J connectivity index is 1.38. The molecule has 4 aromatic rings.